The highest BCUT2D eigenvalue weighted by atomic mass is 32.2. The molecule has 2 saturated heterocycles. The fourth-order valence-electron chi connectivity index (χ4n) is 5.57. The first-order chi connectivity index (χ1) is 24.7. The monoisotopic (exact) mass is 730 g/mol. The molecule has 0 saturated carbocycles. The third-order valence-electron chi connectivity index (χ3n) is 8.37. The van der Waals surface area contributed by atoms with Crippen molar-refractivity contribution in [1.82, 2.24) is 10.2 Å². The highest BCUT2D eigenvalue weighted by molar-refractivity contribution is 8.15. The molecule has 10 nitrogen and oxygen atoms in total. The van der Waals surface area contributed by atoms with Crippen LogP contribution in [-0.4, -0.2) is 69.4 Å². The van der Waals surface area contributed by atoms with Gasteiger partial charge in [-0.1, -0.05) is 72.1 Å². The third kappa shape index (κ3) is 9.69. The molecular weight excluding hydrogens is 696 g/mol. The Hall–Kier alpha value is -4.85. The van der Waals surface area contributed by atoms with Crippen LogP contribution >= 0.6 is 23.5 Å². The average Bonchev–Trinajstić information content (AvgIpc) is 3.59. The summed E-state index contributed by atoms with van der Waals surface area (Å²) in [5.41, 5.74) is 3.39. The van der Waals surface area contributed by atoms with E-state index in [2.05, 4.69) is 5.32 Å². The summed E-state index contributed by atoms with van der Waals surface area (Å²) in [7, 11) is 0. The zero-order valence-corrected chi connectivity index (χ0v) is 29.0. The fraction of sp³-hybridized carbons (Fsp3) is 0.263. The molecule has 264 valence electrons. The molecule has 0 aromatic heterocycles. The van der Waals surface area contributed by atoms with Gasteiger partial charge in [0.25, 0.3) is 10.5 Å². The molecule has 0 aliphatic carbocycles. The van der Waals surface area contributed by atoms with E-state index in [0.717, 1.165) is 45.1 Å². The van der Waals surface area contributed by atoms with Crippen LogP contribution in [0.4, 0.5) is 14.0 Å². The van der Waals surface area contributed by atoms with Gasteiger partial charge in [0.05, 0.1) is 30.3 Å². The first-order valence-electron chi connectivity index (χ1n) is 16.3. The van der Waals surface area contributed by atoms with E-state index < -0.39 is 10.5 Å². The normalized spacial score (nSPS) is 17.8. The summed E-state index contributed by atoms with van der Waals surface area (Å²) >= 11 is 1.98. The van der Waals surface area contributed by atoms with E-state index in [4.69, 9.17) is 14.2 Å². The lowest BCUT2D eigenvalue weighted by Gasteiger charge is -2.16. The number of halogens is 1. The molecule has 6 rings (SSSR count). The molecule has 4 amide bonds. The van der Waals surface area contributed by atoms with Crippen LogP contribution in [0, 0.1) is 5.82 Å². The Morgan fingerprint density at radius 1 is 0.745 bits per heavy atom. The van der Waals surface area contributed by atoms with Gasteiger partial charge >= 0.3 is 0 Å². The SMILES string of the molecule is O=C1NC(=O)C(Cc2ccc(OCCc3cccc(OCN4C(=O)SC(Cc5ccc(OCC(CO)c6cccc(F)c6)cc5)C4=O)c3)cc2)S1. The molecular formula is C38H35FN2O8S2. The zero-order valence-electron chi connectivity index (χ0n) is 27.4. The van der Waals surface area contributed by atoms with Gasteiger partial charge in [0, 0.05) is 12.3 Å². The Morgan fingerprint density at radius 2 is 1.43 bits per heavy atom. The average molecular weight is 731 g/mol. The largest absolute Gasteiger partial charge is 0.493 e. The van der Waals surface area contributed by atoms with Gasteiger partial charge in [-0.15, -0.1) is 0 Å². The highest BCUT2D eigenvalue weighted by Gasteiger charge is 2.40. The van der Waals surface area contributed by atoms with Crippen molar-refractivity contribution >= 4 is 45.8 Å². The number of rotatable bonds is 16. The maximum absolute atomic E-state index is 13.6. The maximum Gasteiger partial charge on any atom is 0.291 e. The lowest BCUT2D eigenvalue weighted by Crippen LogP contribution is -2.35. The summed E-state index contributed by atoms with van der Waals surface area (Å²) in [6.45, 7) is 0.184. The van der Waals surface area contributed by atoms with E-state index >= 15 is 0 Å². The number of hydrogen-bond donors (Lipinski definition) is 2. The summed E-state index contributed by atoms with van der Waals surface area (Å²) in [5.74, 6) is 0.436. The van der Waals surface area contributed by atoms with Gasteiger partial charge in [-0.05, 0) is 83.6 Å². The second-order valence-corrected chi connectivity index (χ2v) is 14.3. The second-order valence-electron chi connectivity index (χ2n) is 12.0. The van der Waals surface area contributed by atoms with Gasteiger partial charge in [0.15, 0.2) is 6.73 Å². The molecule has 3 unspecified atom stereocenters. The smallest absolute Gasteiger partial charge is 0.291 e. The number of carbonyl (C=O) groups is 4. The number of aliphatic hydroxyl groups is 1. The van der Waals surface area contributed by atoms with E-state index in [9.17, 15) is 28.7 Å². The van der Waals surface area contributed by atoms with Crippen molar-refractivity contribution in [1.29, 1.82) is 0 Å². The van der Waals surface area contributed by atoms with Gasteiger partial charge in [0.1, 0.15) is 23.1 Å². The van der Waals surface area contributed by atoms with Crippen LogP contribution in [0.2, 0.25) is 0 Å². The maximum atomic E-state index is 13.6. The molecule has 2 aliphatic heterocycles. The van der Waals surface area contributed by atoms with E-state index in [1.807, 2.05) is 54.6 Å². The van der Waals surface area contributed by atoms with Crippen LogP contribution in [0.5, 0.6) is 17.2 Å². The van der Waals surface area contributed by atoms with Gasteiger partial charge in [-0.2, -0.15) is 0 Å². The van der Waals surface area contributed by atoms with Crippen LogP contribution < -0.4 is 19.5 Å². The second kappa shape index (κ2) is 16.9. The van der Waals surface area contributed by atoms with Crippen LogP contribution in [0.25, 0.3) is 0 Å². The number of benzene rings is 4. The van der Waals surface area contributed by atoms with Crippen molar-refractivity contribution in [3.8, 4) is 17.2 Å². The van der Waals surface area contributed by atoms with Gasteiger partial charge in [-0.25, -0.2) is 9.29 Å². The van der Waals surface area contributed by atoms with Gasteiger partial charge in [0.2, 0.25) is 11.8 Å². The number of thioether (sulfide) groups is 2. The first kappa shape index (κ1) is 36.0. The van der Waals surface area contributed by atoms with Crippen LogP contribution in [0.1, 0.15) is 28.2 Å². The molecule has 2 N–H and O–H groups in total. The van der Waals surface area contributed by atoms with Crippen LogP contribution in [-0.2, 0) is 28.9 Å². The van der Waals surface area contributed by atoms with Crippen molar-refractivity contribution in [3.05, 3.63) is 125 Å². The molecule has 51 heavy (non-hydrogen) atoms. The minimum atomic E-state index is -0.581. The Kier molecular flexibility index (Phi) is 11.9. The molecule has 2 fully saturated rings. The zero-order chi connectivity index (χ0) is 35.7. The molecule has 2 aliphatic rings. The minimum absolute atomic E-state index is 0.167. The Balaban J connectivity index is 0.932. The van der Waals surface area contributed by atoms with Gasteiger partial charge < -0.3 is 19.3 Å². The Labute approximate surface area is 302 Å². The van der Waals surface area contributed by atoms with Crippen molar-refractivity contribution in [2.24, 2.45) is 0 Å². The first-order valence-corrected chi connectivity index (χ1v) is 18.0. The summed E-state index contributed by atoms with van der Waals surface area (Å²) < 4.78 is 31.2. The third-order valence-corrected chi connectivity index (χ3v) is 10.4. The molecule has 0 radical (unpaired) electrons. The predicted octanol–water partition coefficient (Wildman–Crippen LogP) is 6.14. The molecule has 0 spiro atoms. The molecule has 2 heterocycles. The topological polar surface area (TPSA) is 131 Å². The van der Waals surface area contributed by atoms with Crippen molar-refractivity contribution in [2.45, 2.75) is 35.7 Å². The highest BCUT2D eigenvalue weighted by Crippen LogP contribution is 2.31. The van der Waals surface area contributed by atoms with Crippen molar-refractivity contribution < 1.29 is 42.9 Å². The number of ether oxygens (including phenoxy) is 3. The standard InChI is InChI=1S/C38H35FN2O8S2/c39-29-5-2-4-27(20-29)28(21-42)22-48-31-13-9-26(10-14-31)19-34-36(44)41(38(46)51-34)23-49-32-6-1-3-24(17-32)15-16-47-30-11-7-25(8-12-30)18-33-35(43)40-37(45)50-33/h1-14,17,20,28,33-34,42H,15-16,18-19,21-23H2,(H,40,43,45). The van der Waals surface area contributed by atoms with Gasteiger partial charge in [-0.3, -0.25) is 24.5 Å². The lowest BCUT2D eigenvalue weighted by molar-refractivity contribution is -0.128. The quantitative estimate of drug-likeness (QED) is 0.139. The number of imide groups is 2. The number of aliphatic hydroxyl groups excluding tert-OH is 1. The molecule has 3 atom stereocenters. The fourth-order valence-corrected chi connectivity index (χ4v) is 7.45. The Bertz CT molecular complexity index is 1870. The predicted molar refractivity (Wildman–Crippen MR) is 192 cm³/mol. The summed E-state index contributed by atoms with van der Waals surface area (Å²) in [4.78, 5) is 50.2. The van der Waals surface area contributed by atoms with E-state index in [0.29, 0.717) is 48.7 Å². The molecule has 13 heteroatoms. The molecule has 4 aromatic rings. The van der Waals surface area contributed by atoms with Crippen molar-refractivity contribution in [3.63, 3.8) is 0 Å². The summed E-state index contributed by atoms with van der Waals surface area (Å²) in [6.07, 6.45) is 1.41. The molecule has 0 bridgehead atoms. The number of carbonyl (C=O) groups excluding carboxylic acids is 4. The van der Waals surface area contributed by atoms with E-state index in [1.165, 1.54) is 12.1 Å². The van der Waals surface area contributed by atoms with Crippen LogP contribution in [0.3, 0.4) is 0 Å². The number of nitrogens with zero attached hydrogens (tertiary/aromatic N) is 1. The van der Waals surface area contributed by atoms with Crippen LogP contribution in [0.15, 0.2) is 97.1 Å². The number of nitrogens with one attached hydrogen (secondary N) is 1. The lowest BCUT2D eigenvalue weighted by atomic mass is 10.0. The number of hydrogen-bond acceptors (Lipinski definition) is 10. The van der Waals surface area contributed by atoms with E-state index in [1.54, 1.807) is 30.3 Å². The Morgan fingerprint density at radius 3 is 2.10 bits per heavy atom. The minimum Gasteiger partial charge on any atom is -0.493 e. The van der Waals surface area contributed by atoms with Crippen molar-refractivity contribution in [2.75, 3.05) is 26.6 Å². The summed E-state index contributed by atoms with van der Waals surface area (Å²) in [6, 6.07) is 28.1. The molecule has 4 aromatic carbocycles. The van der Waals surface area contributed by atoms with E-state index in [-0.39, 0.29) is 54.0 Å². The number of amides is 4. The summed E-state index contributed by atoms with van der Waals surface area (Å²) in [5, 5.41) is 10.4.